The fraction of sp³-hybridized carbons (Fsp3) is 0.688. The maximum Gasteiger partial charge on any atom is 0.143 e. The predicted molar refractivity (Wildman–Crippen MR) is 83.0 cm³/mol. The van der Waals surface area contributed by atoms with E-state index in [2.05, 4.69) is 28.6 Å². The Morgan fingerprint density at radius 3 is 2.24 bits per heavy atom. The minimum Gasteiger partial charge on any atom is -0.506 e. The molecule has 0 radical (unpaired) electrons. The van der Waals surface area contributed by atoms with Crippen molar-refractivity contribution < 1.29 is 10.2 Å². The summed E-state index contributed by atoms with van der Waals surface area (Å²) >= 11 is 0. The van der Waals surface area contributed by atoms with Crippen LogP contribution in [0.3, 0.4) is 0 Å². The smallest absolute Gasteiger partial charge is 0.143 e. The third kappa shape index (κ3) is 3.20. The number of hydrogen-bond acceptors (Lipinski definition) is 5. The van der Waals surface area contributed by atoms with Gasteiger partial charge < -0.3 is 10.2 Å². The second kappa shape index (κ2) is 7.20. The molecule has 118 valence electrons. The molecule has 0 amide bonds. The molecule has 0 bridgehead atoms. The molecule has 1 aliphatic heterocycles. The molecule has 0 aromatic carbocycles. The van der Waals surface area contributed by atoms with Gasteiger partial charge in [-0.25, -0.2) is 0 Å². The van der Waals surface area contributed by atoms with Crippen LogP contribution in [-0.4, -0.2) is 51.2 Å². The van der Waals surface area contributed by atoms with E-state index in [1.807, 2.05) is 6.92 Å². The van der Waals surface area contributed by atoms with Crippen molar-refractivity contribution >= 4 is 0 Å². The summed E-state index contributed by atoms with van der Waals surface area (Å²) in [7, 11) is 0. The van der Waals surface area contributed by atoms with Crippen LogP contribution in [0.5, 0.6) is 5.75 Å². The normalized spacial score (nSPS) is 17.7. The molecule has 1 aromatic rings. The van der Waals surface area contributed by atoms with E-state index in [4.69, 9.17) is 0 Å². The average Bonchev–Trinajstić information content (AvgIpc) is 2.85. The molecule has 2 rings (SSSR count). The number of rotatable bonds is 6. The molecule has 5 heteroatoms. The van der Waals surface area contributed by atoms with Crippen molar-refractivity contribution in [3.63, 3.8) is 0 Å². The summed E-state index contributed by atoms with van der Waals surface area (Å²) in [5.74, 6) is 0.232. The van der Waals surface area contributed by atoms with Gasteiger partial charge in [-0.3, -0.25) is 14.8 Å². The lowest BCUT2D eigenvalue weighted by Gasteiger charge is -2.32. The molecule has 1 aliphatic rings. The monoisotopic (exact) mass is 293 g/mol. The third-order valence-electron chi connectivity index (χ3n) is 4.17. The molecule has 0 aliphatic carbocycles. The van der Waals surface area contributed by atoms with Crippen molar-refractivity contribution in [2.24, 2.45) is 0 Å². The van der Waals surface area contributed by atoms with Crippen LogP contribution >= 0.6 is 0 Å². The van der Waals surface area contributed by atoms with Crippen LogP contribution in [0.1, 0.15) is 49.7 Å². The second-order valence-corrected chi connectivity index (χ2v) is 5.73. The van der Waals surface area contributed by atoms with Gasteiger partial charge in [-0.15, -0.1) is 0 Å². The van der Waals surface area contributed by atoms with Crippen LogP contribution in [0.25, 0.3) is 0 Å². The molecule has 1 fully saturated rings. The summed E-state index contributed by atoms with van der Waals surface area (Å²) < 4.78 is 0. The van der Waals surface area contributed by atoms with E-state index < -0.39 is 0 Å². The van der Waals surface area contributed by atoms with Gasteiger partial charge in [0.1, 0.15) is 5.75 Å². The average molecular weight is 293 g/mol. The lowest BCUT2D eigenvalue weighted by molar-refractivity contribution is 0.131. The van der Waals surface area contributed by atoms with Gasteiger partial charge in [0, 0.05) is 30.4 Å². The summed E-state index contributed by atoms with van der Waals surface area (Å²) in [6.45, 7) is 10.1. The van der Waals surface area contributed by atoms with Crippen LogP contribution in [0.2, 0.25) is 0 Å². The van der Waals surface area contributed by atoms with Crippen LogP contribution in [0.15, 0.2) is 6.20 Å². The first-order valence-electron chi connectivity index (χ1n) is 7.90. The molecule has 0 spiro atoms. The van der Waals surface area contributed by atoms with Crippen molar-refractivity contribution in [1.29, 1.82) is 0 Å². The Morgan fingerprint density at radius 1 is 1.19 bits per heavy atom. The third-order valence-corrected chi connectivity index (χ3v) is 4.17. The number of nitrogens with zero attached hydrogens (tertiary/aromatic N) is 3. The summed E-state index contributed by atoms with van der Waals surface area (Å²) in [5, 5.41) is 20.2. The van der Waals surface area contributed by atoms with Crippen molar-refractivity contribution in [1.82, 2.24) is 14.8 Å². The Morgan fingerprint density at radius 2 is 1.76 bits per heavy atom. The predicted octanol–water partition coefficient (Wildman–Crippen LogP) is 2.02. The zero-order chi connectivity index (χ0) is 15.4. The first kappa shape index (κ1) is 16.2. The van der Waals surface area contributed by atoms with Gasteiger partial charge in [0.05, 0.1) is 18.5 Å². The summed E-state index contributed by atoms with van der Waals surface area (Å²) in [6.07, 6.45) is 3.90. The zero-order valence-corrected chi connectivity index (χ0v) is 13.3. The lowest BCUT2D eigenvalue weighted by atomic mass is 10.0. The maximum atomic E-state index is 10.5. The fourth-order valence-electron chi connectivity index (χ4n) is 3.21. The lowest BCUT2D eigenvalue weighted by Crippen LogP contribution is -2.33. The second-order valence-electron chi connectivity index (χ2n) is 5.73. The SMILES string of the molecule is CCCN1CCN(CCC)C1c1c(CO)cnc(C)c1O. The maximum absolute atomic E-state index is 10.5. The van der Waals surface area contributed by atoms with E-state index in [9.17, 15) is 10.2 Å². The molecule has 2 heterocycles. The van der Waals surface area contributed by atoms with Crippen molar-refractivity contribution in [2.45, 2.75) is 46.4 Å². The molecule has 1 aromatic heterocycles. The van der Waals surface area contributed by atoms with E-state index in [1.165, 1.54) is 0 Å². The van der Waals surface area contributed by atoms with Gasteiger partial charge in [-0.1, -0.05) is 13.8 Å². The van der Waals surface area contributed by atoms with E-state index in [-0.39, 0.29) is 18.5 Å². The van der Waals surface area contributed by atoms with E-state index >= 15 is 0 Å². The van der Waals surface area contributed by atoms with Gasteiger partial charge in [-0.05, 0) is 32.9 Å². The van der Waals surface area contributed by atoms with Gasteiger partial charge in [0.25, 0.3) is 0 Å². The van der Waals surface area contributed by atoms with E-state index in [0.29, 0.717) is 5.69 Å². The molecular weight excluding hydrogens is 266 g/mol. The molecule has 2 N–H and O–H groups in total. The Labute approximate surface area is 127 Å². The molecule has 5 nitrogen and oxygen atoms in total. The largest absolute Gasteiger partial charge is 0.506 e. The van der Waals surface area contributed by atoms with Gasteiger partial charge in [0.2, 0.25) is 0 Å². The molecule has 0 unspecified atom stereocenters. The number of aliphatic hydroxyl groups excluding tert-OH is 1. The highest BCUT2D eigenvalue weighted by Crippen LogP contribution is 2.38. The summed E-state index contributed by atoms with van der Waals surface area (Å²) in [5.41, 5.74) is 2.19. The molecular formula is C16H27N3O2. The van der Waals surface area contributed by atoms with Crippen LogP contribution < -0.4 is 0 Å². The first-order chi connectivity index (χ1) is 10.1. The number of aromatic hydroxyl groups is 1. The summed E-state index contributed by atoms with van der Waals surface area (Å²) in [6, 6.07) is 0. The highest BCUT2D eigenvalue weighted by Gasteiger charge is 2.35. The quantitative estimate of drug-likeness (QED) is 0.840. The molecule has 21 heavy (non-hydrogen) atoms. The van der Waals surface area contributed by atoms with Crippen LogP contribution in [-0.2, 0) is 6.61 Å². The van der Waals surface area contributed by atoms with Crippen molar-refractivity contribution in [2.75, 3.05) is 26.2 Å². The van der Waals surface area contributed by atoms with Gasteiger partial charge in [-0.2, -0.15) is 0 Å². The Kier molecular flexibility index (Phi) is 5.56. The fourth-order valence-corrected chi connectivity index (χ4v) is 3.21. The summed E-state index contributed by atoms with van der Waals surface area (Å²) in [4.78, 5) is 8.96. The number of pyridine rings is 1. The number of aliphatic hydroxyl groups is 1. The highest BCUT2D eigenvalue weighted by molar-refractivity contribution is 5.43. The Hall–Kier alpha value is -1.17. The zero-order valence-electron chi connectivity index (χ0n) is 13.3. The molecule has 0 atom stereocenters. The standard InChI is InChI=1S/C16H27N3O2/c1-4-6-18-8-9-19(7-5-2)16(18)14-13(11-20)10-17-12(3)15(14)21/h10,16,20-21H,4-9,11H2,1-3H3. The van der Waals surface area contributed by atoms with Gasteiger partial charge in [0.15, 0.2) is 0 Å². The molecule has 0 saturated carbocycles. The van der Waals surface area contributed by atoms with Crippen LogP contribution in [0, 0.1) is 6.92 Å². The van der Waals surface area contributed by atoms with E-state index in [0.717, 1.165) is 50.1 Å². The topological polar surface area (TPSA) is 59.8 Å². The molecule has 1 saturated heterocycles. The Balaban J connectivity index is 2.45. The van der Waals surface area contributed by atoms with Crippen LogP contribution in [0.4, 0.5) is 0 Å². The highest BCUT2D eigenvalue weighted by atomic mass is 16.3. The minimum atomic E-state index is -0.0907. The first-order valence-corrected chi connectivity index (χ1v) is 7.90. The van der Waals surface area contributed by atoms with Crippen molar-refractivity contribution in [3.05, 3.63) is 23.0 Å². The minimum absolute atomic E-state index is 0.0498. The van der Waals surface area contributed by atoms with Gasteiger partial charge >= 0.3 is 0 Å². The Bertz CT molecular complexity index is 465. The number of aromatic nitrogens is 1. The van der Waals surface area contributed by atoms with E-state index in [1.54, 1.807) is 6.20 Å². The van der Waals surface area contributed by atoms with Crippen molar-refractivity contribution in [3.8, 4) is 5.75 Å². The number of aryl methyl sites for hydroxylation is 1. The number of hydrogen-bond donors (Lipinski definition) is 2.